The molecule has 1 aromatic rings. The van der Waals surface area contributed by atoms with Crippen molar-refractivity contribution >= 4 is 17.6 Å². The predicted molar refractivity (Wildman–Crippen MR) is 92.4 cm³/mol. The van der Waals surface area contributed by atoms with Gasteiger partial charge in [0.15, 0.2) is 0 Å². The van der Waals surface area contributed by atoms with Crippen LogP contribution < -0.4 is 10.6 Å². The number of nitrogens with zero attached hydrogens (tertiary/aromatic N) is 1. The lowest BCUT2D eigenvalue weighted by Gasteiger charge is -2.32. The van der Waals surface area contributed by atoms with Gasteiger partial charge in [-0.1, -0.05) is 25.1 Å². The Morgan fingerprint density at radius 1 is 1.22 bits per heavy atom. The molecule has 2 rings (SSSR count). The summed E-state index contributed by atoms with van der Waals surface area (Å²) in [6, 6.07) is 7.80. The molecule has 5 nitrogen and oxygen atoms in total. The van der Waals surface area contributed by atoms with Gasteiger partial charge in [-0.15, -0.1) is 0 Å². The molecule has 0 bridgehead atoms. The van der Waals surface area contributed by atoms with E-state index in [1.165, 1.54) is 0 Å². The smallest absolute Gasteiger partial charge is 0.321 e. The van der Waals surface area contributed by atoms with E-state index in [-0.39, 0.29) is 11.9 Å². The summed E-state index contributed by atoms with van der Waals surface area (Å²) in [5.74, 6) is 0.703. The molecule has 0 radical (unpaired) electrons. The van der Waals surface area contributed by atoms with Crippen LogP contribution in [0.5, 0.6) is 0 Å². The van der Waals surface area contributed by atoms with Gasteiger partial charge in [-0.2, -0.15) is 0 Å². The Balaban J connectivity index is 1.72. The number of likely N-dealkylation sites (tertiary alicyclic amines) is 1. The monoisotopic (exact) mass is 317 g/mol. The van der Waals surface area contributed by atoms with E-state index in [2.05, 4.69) is 10.6 Å². The van der Waals surface area contributed by atoms with E-state index in [1.54, 1.807) is 0 Å². The van der Waals surface area contributed by atoms with Crippen LogP contribution in [-0.4, -0.2) is 36.5 Å². The van der Waals surface area contributed by atoms with Gasteiger partial charge >= 0.3 is 6.03 Å². The quantitative estimate of drug-likeness (QED) is 0.876. The SMILES string of the molecule is CCC(=O)NCCC1CCN(C(=O)Nc2ccccc2C)CC1. The third kappa shape index (κ3) is 5.27. The number of para-hydroxylation sites is 1. The Morgan fingerprint density at radius 3 is 2.57 bits per heavy atom. The second-order valence-corrected chi connectivity index (χ2v) is 6.17. The molecule has 0 saturated carbocycles. The lowest BCUT2D eigenvalue weighted by atomic mass is 9.93. The van der Waals surface area contributed by atoms with Crippen molar-refractivity contribution in [1.82, 2.24) is 10.2 Å². The molecule has 1 heterocycles. The van der Waals surface area contributed by atoms with Gasteiger partial charge in [-0.05, 0) is 43.7 Å². The summed E-state index contributed by atoms with van der Waals surface area (Å²) in [5, 5.41) is 5.91. The molecule has 0 spiro atoms. The second-order valence-electron chi connectivity index (χ2n) is 6.17. The normalized spacial score (nSPS) is 15.3. The fourth-order valence-corrected chi connectivity index (χ4v) is 2.87. The molecule has 1 fully saturated rings. The minimum Gasteiger partial charge on any atom is -0.356 e. The number of carbonyl (C=O) groups is 2. The first-order chi connectivity index (χ1) is 11.1. The van der Waals surface area contributed by atoms with E-state index < -0.39 is 0 Å². The first kappa shape index (κ1) is 17.3. The van der Waals surface area contributed by atoms with Gasteiger partial charge in [-0.25, -0.2) is 4.79 Å². The third-order valence-corrected chi connectivity index (χ3v) is 4.48. The number of amides is 3. The van der Waals surface area contributed by atoms with Crippen molar-refractivity contribution in [1.29, 1.82) is 0 Å². The number of hydrogen-bond donors (Lipinski definition) is 2. The molecular formula is C18H27N3O2. The van der Waals surface area contributed by atoms with E-state index in [0.29, 0.717) is 12.3 Å². The third-order valence-electron chi connectivity index (χ3n) is 4.48. The molecule has 1 aromatic carbocycles. The van der Waals surface area contributed by atoms with Crippen LogP contribution in [0.4, 0.5) is 10.5 Å². The van der Waals surface area contributed by atoms with Crippen molar-refractivity contribution in [2.45, 2.75) is 39.5 Å². The van der Waals surface area contributed by atoms with Gasteiger partial charge in [0.25, 0.3) is 0 Å². The van der Waals surface area contributed by atoms with Crippen LogP contribution in [0.15, 0.2) is 24.3 Å². The number of aryl methyl sites for hydroxylation is 1. The lowest BCUT2D eigenvalue weighted by molar-refractivity contribution is -0.120. The van der Waals surface area contributed by atoms with E-state index in [4.69, 9.17) is 0 Å². The number of benzene rings is 1. The highest BCUT2D eigenvalue weighted by Crippen LogP contribution is 2.21. The molecule has 1 saturated heterocycles. The zero-order valence-electron chi connectivity index (χ0n) is 14.1. The van der Waals surface area contributed by atoms with Gasteiger partial charge in [0, 0.05) is 31.7 Å². The molecule has 1 aliphatic rings. The van der Waals surface area contributed by atoms with E-state index in [9.17, 15) is 9.59 Å². The number of piperidine rings is 1. The topological polar surface area (TPSA) is 61.4 Å². The molecule has 23 heavy (non-hydrogen) atoms. The Labute approximate surface area is 138 Å². The van der Waals surface area contributed by atoms with Crippen molar-refractivity contribution in [3.63, 3.8) is 0 Å². The minimum atomic E-state index is -0.0166. The Kier molecular flexibility index (Phi) is 6.44. The maximum atomic E-state index is 12.3. The van der Waals surface area contributed by atoms with E-state index in [0.717, 1.165) is 50.1 Å². The largest absolute Gasteiger partial charge is 0.356 e. The van der Waals surface area contributed by atoms with Gasteiger partial charge < -0.3 is 15.5 Å². The average molecular weight is 317 g/mol. The number of carbonyl (C=O) groups excluding carboxylic acids is 2. The summed E-state index contributed by atoms with van der Waals surface area (Å²) >= 11 is 0. The second kappa shape index (κ2) is 8.56. The highest BCUT2D eigenvalue weighted by atomic mass is 16.2. The highest BCUT2D eigenvalue weighted by molar-refractivity contribution is 5.90. The first-order valence-corrected chi connectivity index (χ1v) is 8.48. The average Bonchev–Trinajstić information content (AvgIpc) is 2.57. The molecule has 2 N–H and O–H groups in total. The summed E-state index contributed by atoms with van der Waals surface area (Å²) in [7, 11) is 0. The van der Waals surface area contributed by atoms with Crippen LogP contribution in [0.2, 0.25) is 0 Å². The van der Waals surface area contributed by atoms with Crippen LogP contribution in [0.3, 0.4) is 0 Å². The van der Waals surface area contributed by atoms with Crippen molar-refractivity contribution in [2.75, 3.05) is 25.0 Å². The van der Waals surface area contributed by atoms with Crippen LogP contribution in [0.25, 0.3) is 0 Å². The molecule has 1 aliphatic heterocycles. The zero-order valence-corrected chi connectivity index (χ0v) is 14.1. The van der Waals surface area contributed by atoms with Crippen LogP contribution >= 0.6 is 0 Å². The Morgan fingerprint density at radius 2 is 1.91 bits per heavy atom. The lowest BCUT2D eigenvalue weighted by Crippen LogP contribution is -2.41. The van der Waals surface area contributed by atoms with Gasteiger partial charge in [-0.3, -0.25) is 4.79 Å². The number of urea groups is 1. The van der Waals surface area contributed by atoms with Crippen LogP contribution in [0, 0.1) is 12.8 Å². The Hall–Kier alpha value is -2.04. The number of hydrogen-bond acceptors (Lipinski definition) is 2. The summed E-state index contributed by atoms with van der Waals surface area (Å²) < 4.78 is 0. The van der Waals surface area contributed by atoms with Crippen molar-refractivity contribution in [2.24, 2.45) is 5.92 Å². The van der Waals surface area contributed by atoms with Crippen LogP contribution in [-0.2, 0) is 4.79 Å². The number of rotatable bonds is 5. The van der Waals surface area contributed by atoms with Gasteiger partial charge in [0.1, 0.15) is 0 Å². The van der Waals surface area contributed by atoms with Crippen molar-refractivity contribution in [3.05, 3.63) is 29.8 Å². The number of anilines is 1. The molecular weight excluding hydrogens is 290 g/mol. The maximum Gasteiger partial charge on any atom is 0.321 e. The van der Waals surface area contributed by atoms with Gasteiger partial charge in [0.2, 0.25) is 5.91 Å². The first-order valence-electron chi connectivity index (χ1n) is 8.48. The van der Waals surface area contributed by atoms with Crippen LogP contribution in [0.1, 0.15) is 38.2 Å². The molecule has 0 atom stereocenters. The molecule has 0 aromatic heterocycles. The summed E-state index contributed by atoms with van der Waals surface area (Å²) in [4.78, 5) is 25.4. The summed E-state index contributed by atoms with van der Waals surface area (Å²) in [5.41, 5.74) is 1.95. The zero-order chi connectivity index (χ0) is 16.7. The fraction of sp³-hybridized carbons (Fsp3) is 0.556. The van der Waals surface area contributed by atoms with Crippen molar-refractivity contribution < 1.29 is 9.59 Å². The standard InChI is InChI=1S/C18H27N3O2/c1-3-17(22)19-11-8-15-9-12-21(13-10-15)18(23)20-16-7-5-4-6-14(16)2/h4-7,15H,3,8-13H2,1-2H3,(H,19,22)(H,20,23). The summed E-state index contributed by atoms with van der Waals surface area (Å²) in [6.45, 7) is 6.16. The summed E-state index contributed by atoms with van der Waals surface area (Å²) in [6.07, 6.45) is 3.54. The maximum absolute atomic E-state index is 12.3. The van der Waals surface area contributed by atoms with Crippen molar-refractivity contribution in [3.8, 4) is 0 Å². The minimum absolute atomic E-state index is 0.0166. The number of nitrogens with one attached hydrogen (secondary N) is 2. The Bertz CT molecular complexity index is 537. The highest BCUT2D eigenvalue weighted by Gasteiger charge is 2.22. The van der Waals surface area contributed by atoms with E-state index >= 15 is 0 Å². The molecule has 126 valence electrons. The van der Waals surface area contributed by atoms with E-state index in [1.807, 2.05) is 43.0 Å². The van der Waals surface area contributed by atoms with Gasteiger partial charge in [0.05, 0.1) is 0 Å². The predicted octanol–water partition coefficient (Wildman–Crippen LogP) is 3.16. The fourth-order valence-electron chi connectivity index (χ4n) is 2.87. The molecule has 0 unspecified atom stereocenters. The molecule has 3 amide bonds. The molecule has 5 heteroatoms. The molecule has 0 aliphatic carbocycles.